The van der Waals surface area contributed by atoms with Crippen LogP contribution in [-0.2, 0) is 20.2 Å². The first-order chi connectivity index (χ1) is 17.0. The van der Waals surface area contributed by atoms with Crippen molar-refractivity contribution in [2.45, 2.75) is 26.5 Å². The highest BCUT2D eigenvalue weighted by molar-refractivity contribution is 5.61. The van der Waals surface area contributed by atoms with Crippen LogP contribution in [0.1, 0.15) is 29.1 Å². The molecule has 1 aromatic carbocycles. The summed E-state index contributed by atoms with van der Waals surface area (Å²) < 4.78 is 39.9. The summed E-state index contributed by atoms with van der Waals surface area (Å²) in [6.45, 7) is 2.47. The Morgan fingerprint density at radius 2 is 1.91 bits per heavy atom. The average molecular weight is 479 g/mol. The highest BCUT2D eigenvalue weighted by Gasteiger charge is 2.19. The Labute approximate surface area is 197 Å². The van der Waals surface area contributed by atoms with Gasteiger partial charge >= 0.3 is 0 Å². The number of aryl methyl sites for hydroxylation is 2. The van der Waals surface area contributed by atoms with Gasteiger partial charge in [0.25, 0.3) is 12.3 Å². The van der Waals surface area contributed by atoms with Crippen molar-refractivity contribution in [3.05, 3.63) is 71.4 Å². The normalized spacial score (nSPS) is 11.3. The van der Waals surface area contributed by atoms with Crippen molar-refractivity contribution >= 4 is 0 Å². The fraction of sp³-hybridized carbons (Fsp3) is 0.227. The summed E-state index contributed by atoms with van der Waals surface area (Å²) in [6.07, 6.45) is 0.100. The molecular weight excluding hydrogens is 460 g/mol. The van der Waals surface area contributed by atoms with Crippen LogP contribution in [0.3, 0.4) is 0 Å². The third kappa shape index (κ3) is 4.74. The molecule has 11 nitrogen and oxygen atoms in total. The van der Waals surface area contributed by atoms with Gasteiger partial charge < -0.3 is 9.26 Å². The number of benzene rings is 1. The standard InChI is InChI=1S/C22H19F2N9O2/c1-13-28-30-31-33(13)11-14-3-5-15(6-4-14)21-27-22(35-29-21)17-10-26-32(2)18(17)12-34-19-8-7-16(9-25-19)20(23)24/h3-10,20H,11-12H2,1-2H3. The van der Waals surface area contributed by atoms with Crippen LogP contribution < -0.4 is 4.74 Å². The van der Waals surface area contributed by atoms with Crippen LogP contribution in [0.5, 0.6) is 5.88 Å². The molecule has 4 heterocycles. The molecule has 0 N–H and O–H groups in total. The van der Waals surface area contributed by atoms with Crippen molar-refractivity contribution < 1.29 is 18.0 Å². The molecule has 0 amide bonds. The van der Waals surface area contributed by atoms with E-state index in [9.17, 15) is 8.78 Å². The van der Waals surface area contributed by atoms with Crippen molar-refractivity contribution in [3.8, 4) is 28.7 Å². The quantitative estimate of drug-likeness (QED) is 0.329. The second kappa shape index (κ2) is 9.37. The summed E-state index contributed by atoms with van der Waals surface area (Å²) >= 11 is 0. The van der Waals surface area contributed by atoms with Crippen molar-refractivity contribution in [2.75, 3.05) is 0 Å². The fourth-order valence-electron chi connectivity index (χ4n) is 3.34. The zero-order valence-electron chi connectivity index (χ0n) is 18.7. The number of hydrogen-bond donors (Lipinski definition) is 0. The van der Waals surface area contributed by atoms with Gasteiger partial charge in [0, 0.05) is 30.4 Å². The van der Waals surface area contributed by atoms with E-state index in [2.05, 4.69) is 35.7 Å². The number of alkyl halides is 2. The van der Waals surface area contributed by atoms with Gasteiger partial charge in [0.2, 0.25) is 11.7 Å². The van der Waals surface area contributed by atoms with Crippen molar-refractivity contribution in [3.63, 3.8) is 0 Å². The molecule has 0 spiro atoms. The van der Waals surface area contributed by atoms with Crippen LogP contribution in [0, 0.1) is 6.92 Å². The van der Waals surface area contributed by atoms with Gasteiger partial charge in [0.05, 0.1) is 24.0 Å². The molecule has 0 bridgehead atoms. The summed E-state index contributed by atoms with van der Waals surface area (Å²) in [5.74, 6) is 1.64. The van der Waals surface area contributed by atoms with Crippen molar-refractivity contribution in [1.29, 1.82) is 0 Å². The summed E-state index contributed by atoms with van der Waals surface area (Å²) in [7, 11) is 1.75. The largest absolute Gasteiger partial charge is 0.471 e. The molecule has 0 unspecified atom stereocenters. The summed E-state index contributed by atoms with van der Waals surface area (Å²) in [5.41, 5.74) is 2.89. The van der Waals surface area contributed by atoms with Crippen molar-refractivity contribution in [2.24, 2.45) is 7.05 Å². The van der Waals surface area contributed by atoms with E-state index in [-0.39, 0.29) is 23.9 Å². The number of halogens is 2. The molecule has 0 aliphatic carbocycles. The molecule has 0 radical (unpaired) electrons. The van der Waals surface area contributed by atoms with Gasteiger partial charge in [-0.25, -0.2) is 18.4 Å². The molecule has 0 aliphatic heterocycles. The molecule has 35 heavy (non-hydrogen) atoms. The number of aromatic nitrogens is 9. The molecule has 0 saturated carbocycles. The van der Waals surface area contributed by atoms with E-state index in [0.29, 0.717) is 23.6 Å². The molecule has 5 aromatic rings. The van der Waals surface area contributed by atoms with Crippen LogP contribution in [0.25, 0.3) is 22.8 Å². The third-order valence-corrected chi connectivity index (χ3v) is 5.34. The van der Waals surface area contributed by atoms with Gasteiger partial charge in [0.1, 0.15) is 12.4 Å². The number of hydrogen-bond acceptors (Lipinski definition) is 9. The maximum Gasteiger partial charge on any atom is 0.265 e. The van der Waals surface area contributed by atoms with E-state index in [1.165, 1.54) is 12.1 Å². The molecule has 5 rings (SSSR count). The number of ether oxygens (including phenoxy) is 1. The van der Waals surface area contributed by atoms with Gasteiger partial charge in [0.15, 0.2) is 0 Å². The molecule has 0 aliphatic rings. The summed E-state index contributed by atoms with van der Waals surface area (Å²) in [4.78, 5) is 8.42. The van der Waals surface area contributed by atoms with Crippen LogP contribution in [0.15, 0.2) is 53.3 Å². The Morgan fingerprint density at radius 3 is 2.60 bits per heavy atom. The first kappa shape index (κ1) is 22.3. The minimum atomic E-state index is -2.58. The Bertz CT molecular complexity index is 1430. The van der Waals surface area contributed by atoms with Crippen molar-refractivity contribution in [1.82, 2.24) is 45.1 Å². The lowest BCUT2D eigenvalue weighted by molar-refractivity contribution is 0.150. The van der Waals surface area contributed by atoms with Crippen LogP contribution in [-0.4, -0.2) is 45.1 Å². The van der Waals surface area contributed by atoms with Crippen LogP contribution >= 0.6 is 0 Å². The minimum Gasteiger partial charge on any atom is -0.471 e. The lowest BCUT2D eigenvalue weighted by Crippen LogP contribution is -2.05. The average Bonchev–Trinajstić information content (AvgIpc) is 3.59. The van der Waals surface area contributed by atoms with E-state index in [1.807, 2.05) is 31.2 Å². The van der Waals surface area contributed by atoms with E-state index in [1.54, 1.807) is 22.6 Å². The molecule has 0 atom stereocenters. The van der Waals surface area contributed by atoms with E-state index in [0.717, 1.165) is 23.1 Å². The predicted molar refractivity (Wildman–Crippen MR) is 117 cm³/mol. The highest BCUT2D eigenvalue weighted by atomic mass is 19.3. The molecule has 0 fully saturated rings. The van der Waals surface area contributed by atoms with Gasteiger partial charge in [-0.2, -0.15) is 10.1 Å². The Hall–Kier alpha value is -4.55. The molecule has 4 aromatic heterocycles. The maximum atomic E-state index is 12.7. The topological polar surface area (TPSA) is 122 Å². The minimum absolute atomic E-state index is 0.0792. The zero-order chi connectivity index (χ0) is 24.4. The second-order valence-corrected chi connectivity index (χ2v) is 7.65. The zero-order valence-corrected chi connectivity index (χ0v) is 18.7. The molecule has 13 heteroatoms. The fourth-order valence-corrected chi connectivity index (χ4v) is 3.34. The number of pyridine rings is 1. The molecule has 0 saturated heterocycles. The van der Waals surface area contributed by atoms with E-state index in [4.69, 9.17) is 9.26 Å². The second-order valence-electron chi connectivity index (χ2n) is 7.65. The predicted octanol–water partition coefficient (Wildman–Crippen LogP) is 3.39. The lowest BCUT2D eigenvalue weighted by Gasteiger charge is -2.07. The summed E-state index contributed by atoms with van der Waals surface area (Å²) in [6, 6.07) is 10.4. The maximum absolute atomic E-state index is 12.7. The summed E-state index contributed by atoms with van der Waals surface area (Å²) in [5, 5.41) is 19.8. The SMILES string of the molecule is Cc1nnnn1Cc1ccc(-c2noc(-c3cnn(C)c3COc3ccc(C(F)F)cn3)n2)cc1. The molecular formula is C22H19F2N9O2. The third-order valence-electron chi connectivity index (χ3n) is 5.34. The number of rotatable bonds is 8. The lowest BCUT2D eigenvalue weighted by atomic mass is 10.1. The molecule has 178 valence electrons. The number of tetrazole rings is 1. The van der Waals surface area contributed by atoms with E-state index < -0.39 is 6.43 Å². The monoisotopic (exact) mass is 479 g/mol. The number of nitrogens with zero attached hydrogens (tertiary/aromatic N) is 9. The van der Waals surface area contributed by atoms with Gasteiger partial charge in [-0.15, -0.1) is 5.10 Å². The first-order valence-electron chi connectivity index (χ1n) is 10.5. The smallest absolute Gasteiger partial charge is 0.265 e. The van der Waals surface area contributed by atoms with Gasteiger partial charge in [-0.3, -0.25) is 4.68 Å². The van der Waals surface area contributed by atoms with Crippen LogP contribution in [0.2, 0.25) is 0 Å². The Morgan fingerprint density at radius 1 is 1.09 bits per heavy atom. The van der Waals surface area contributed by atoms with Gasteiger partial charge in [-0.1, -0.05) is 29.4 Å². The van der Waals surface area contributed by atoms with Gasteiger partial charge in [-0.05, 0) is 29.0 Å². The highest BCUT2D eigenvalue weighted by Crippen LogP contribution is 2.26. The Balaban J connectivity index is 1.30. The first-order valence-corrected chi connectivity index (χ1v) is 10.5. The Kier molecular flexibility index (Phi) is 5.95. The van der Waals surface area contributed by atoms with E-state index >= 15 is 0 Å². The van der Waals surface area contributed by atoms with Crippen LogP contribution in [0.4, 0.5) is 8.78 Å².